The highest BCUT2D eigenvalue weighted by atomic mass is 19.4. The number of alkyl halides is 3. The van der Waals surface area contributed by atoms with Gasteiger partial charge in [-0.3, -0.25) is 0 Å². The second kappa shape index (κ2) is 6.12. The van der Waals surface area contributed by atoms with Crippen molar-refractivity contribution in [3.05, 3.63) is 24.3 Å². The first-order valence-electron chi connectivity index (χ1n) is 5.82. The predicted octanol–water partition coefficient (Wildman–Crippen LogP) is 2.76. The first-order chi connectivity index (χ1) is 9.03. The number of anilines is 1. The summed E-state index contributed by atoms with van der Waals surface area (Å²) in [7, 11) is 0. The zero-order chi connectivity index (χ0) is 13.7. The van der Waals surface area contributed by atoms with E-state index in [4.69, 9.17) is 9.47 Å². The van der Waals surface area contributed by atoms with Crippen LogP contribution in [0.2, 0.25) is 0 Å². The first kappa shape index (κ1) is 14.0. The topological polar surface area (TPSA) is 39.7 Å². The van der Waals surface area contributed by atoms with Gasteiger partial charge in [-0.15, -0.1) is 13.2 Å². The maximum atomic E-state index is 12.0. The monoisotopic (exact) mass is 277 g/mol. The molecule has 1 unspecified atom stereocenters. The van der Waals surface area contributed by atoms with E-state index in [0.717, 1.165) is 6.42 Å². The minimum atomic E-state index is -4.66. The Labute approximate surface area is 108 Å². The Morgan fingerprint density at radius 3 is 2.58 bits per heavy atom. The number of rotatable bonds is 4. The molecule has 19 heavy (non-hydrogen) atoms. The average Bonchev–Trinajstić information content (AvgIpc) is 2.37. The van der Waals surface area contributed by atoms with Gasteiger partial charge < -0.3 is 19.5 Å². The summed E-state index contributed by atoms with van der Waals surface area (Å²) in [6.45, 7) is 1.53. The van der Waals surface area contributed by atoms with Crippen molar-refractivity contribution in [2.24, 2.45) is 0 Å². The molecular formula is C12H14F3NO3. The van der Waals surface area contributed by atoms with Crippen LogP contribution in [-0.4, -0.2) is 32.4 Å². The van der Waals surface area contributed by atoms with Gasteiger partial charge in [-0.25, -0.2) is 0 Å². The van der Waals surface area contributed by atoms with E-state index in [0.29, 0.717) is 18.8 Å². The molecule has 4 nitrogen and oxygen atoms in total. The van der Waals surface area contributed by atoms with Crippen molar-refractivity contribution in [2.45, 2.75) is 18.9 Å². The van der Waals surface area contributed by atoms with Crippen LogP contribution in [0.1, 0.15) is 6.42 Å². The van der Waals surface area contributed by atoms with E-state index >= 15 is 0 Å². The van der Waals surface area contributed by atoms with Gasteiger partial charge in [0.15, 0.2) is 0 Å². The van der Waals surface area contributed by atoms with Crippen LogP contribution in [0.15, 0.2) is 24.3 Å². The molecule has 106 valence electrons. The molecule has 1 heterocycles. The number of benzene rings is 1. The van der Waals surface area contributed by atoms with Crippen molar-refractivity contribution in [3.8, 4) is 5.75 Å². The molecule has 2 rings (SSSR count). The van der Waals surface area contributed by atoms with Crippen LogP contribution in [0.25, 0.3) is 0 Å². The molecule has 1 saturated heterocycles. The molecule has 0 amide bonds. The fourth-order valence-corrected chi connectivity index (χ4v) is 1.67. The summed E-state index contributed by atoms with van der Waals surface area (Å²) in [6, 6.07) is 5.59. The molecule has 0 aliphatic carbocycles. The molecule has 1 aromatic rings. The zero-order valence-corrected chi connectivity index (χ0v) is 10.1. The van der Waals surface area contributed by atoms with Gasteiger partial charge in [0.1, 0.15) is 12.5 Å². The van der Waals surface area contributed by atoms with Crippen molar-refractivity contribution in [1.29, 1.82) is 0 Å². The van der Waals surface area contributed by atoms with Crippen LogP contribution < -0.4 is 10.1 Å². The van der Waals surface area contributed by atoms with Crippen LogP contribution in [0.5, 0.6) is 5.75 Å². The van der Waals surface area contributed by atoms with E-state index in [1.807, 2.05) is 0 Å². The smallest absolute Gasteiger partial charge is 0.406 e. The van der Waals surface area contributed by atoms with Crippen LogP contribution >= 0.6 is 0 Å². The first-order valence-corrected chi connectivity index (χ1v) is 5.82. The van der Waals surface area contributed by atoms with E-state index in [9.17, 15) is 13.2 Å². The van der Waals surface area contributed by atoms with Crippen molar-refractivity contribution < 1.29 is 27.4 Å². The fraction of sp³-hybridized carbons (Fsp3) is 0.500. The number of halogens is 3. The Balaban J connectivity index is 1.81. The molecule has 0 saturated carbocycles. The maximum Gasteiger partial charge on any atom is 0.573 e. The van der Waals surface area contributed by atoms with Crippen molar-refractivity contribution >= 4 is 5.69 Å². The van der Waals surface area contributed by atoms with Gasteiger partial charge in [0.05, 0.1) is 12.7 Å². The Hall–Kier alpha value is -1.47. The van der Waals surface area contributed by atoms with Gasteiger partial charge in [-0.2, -0.15) is 0 Å². The molecule has 1 aromatic carbocycles. The molecule has 0 bridgehead atoms. The lowest BCUT2D eigenvalue weighted by Crippen LogP contribution is -2.30. The van der Waals surface area contributed by atoms with E-state index < -0.39 is 6.36 Å². The van der Waals surface area contributed by atoms with Crippen LogP contribution in [0, 0.1) is 0 Å². The number of hydrogen-bond acceptors (Lipinski definition) is 4. The largest absolute Gasteiger partial charge is 0.573 e. The Morgan fingerprint density at radius 1 is 1.26 bits per heavy atom. The number of nitrogens with one attached hydrogen (secondary N) is 1. The highest BCUT2D eigenvalue weighted by Crippen LogP contribution is 2.24. The van der Waals surface area contributed by atoms with E-state index in [1.54, 1.807) is 0 Å². The van der Waals surface area contributed by atoms with Gasteiger partial charge in [0, 0.05) is 12.2 Å². The Bertz CT molecular complexity index is 388. The number of hydrogen-bond donors (Lipinski definition) is 1. The number of ether oxygens (including phenoxy) is 3. The summed E-state index contributed by atoms with van der Waals surface area (Å²) in [5.41, 5.74) is 0.713. The molecule has 1 N–H and O–H groups in total. The fourth-order valence-electron chi connectivity index (χ4n) is 1.67. The SMILES string of the molecule is FC(F)(F)Oc1ccc(NCC2CCOCO2)cc1. The van der Waals surface area contributed by atoms with Gasteiger partial charge in [-0.05, 0) is 30.7 Å². The molecule has 1 aliphatic heterocycles. The standard InChI is InChI=1S/C12H14F3NO3/c13-12(14,15)19-10-3-1-9(2-4-10)16-7-11-5-6-17-8-18-11/h1-4,11,16H,5-8H2. The third-order valence-corrected chi connectivity index (χ3v) is 2.59. The lowest BCUT2D eigenvalue weighted by atomic mass is 10.2. The quantitative estimate of drug-likeness (QED) is 0.918. The minimum Gasteiger partial charge on any atom is -0.406 e. The van der Waals surface area contributed by atoms with E-state index in [-0.39, 0.29) is 18.6 Å². The van der Waals surface area contributed by atoms with E-state index in [2.05, 4.69) is 10.1 Å². The van der Waals surface area contributed by atoms with Crippen molar-refractivity contribution in [3.63, 3.8) is 0 Å². The maximum absolute atomic E-state index is 12.0. The molecule has 1 fully saturated rings. The van der Waals surface area contributed by atoms with Gasteiger partial charge >= 0.3 is 6.36 Å². The van der Waals surface area contributed by atoms with Crippen LogP contribution in [0.4, 0.5) is 18.9 Å². The lowest BCUT2D eigenvalue weighted by molar-refractivity contribution is -0.274. The van der Waals surface area contributed by atoms with Gasteiger partial charge in [0.25, 0.3) is 0 Å². The highest BCUT2D eigenvalue weighted by molar-refractivity contribution is 5.46. The van der Waals surface area contributed by atoms with Crippen LogP contribution in [0.3, 0.4) is 0 Å². The molecular weight excluding hydrogens is 263 g/mol. The summed E-state index contributed by atoms with van der Waals surface area (Å²) >= 11 is 0. The second-order valence-electron chi connectivity index (χ2n) is 4.06. The van der Waals surface area contributed by atoms with Crippen LogP contribution in [-0.2, 0) is 9.47 Å². The van der Waals surface area contributed by atoms with E-state index in [1.165, 1.54) is 24.3 Å². The van der Waals surface area contributed by atoms with Gasteiger partial charge in [0.2, 0.25) is 0 Å². The molecule has 7 heteroatoms. The second-order valence-corrected chi connectivity index (χ2v) is 4.06. The van der Waals surface area contributed by atoms with Gasteiger partial charge in [-0.1, -0.05) is 0 Å². The summed E-state index contributed by atoms with van der Waals surface area (Å²) < 4.78 is 50.1. The Kier molecular flexibility index (Phi) is 4.49. The summed E-state index contributed by atoms with van der Waals surface area (Å²) in [5.74, 6) is -0.236. The molecule has 0 radical (unpaired) electrons. The molecule has 0 spiro atoms. The summed E-state index contributed by atoms with van der Waals surface area (Å²) in [5, 5.41) is 3.09. The van der Waals surface area contributed by atoms with Crippen molar-refractivity contribution in [1.82, 2.24) is 0 Å². The molecule has 1 atom stereocenters. The predicted molar refractivity (Wildman–Crippen MR) is 61.9 cm³/mol. The highest BCUT2D eigenvalue weighted by Gasteiger charge is 2.30. The normalized spacial score (nSPS) is 20.1. The minimum absolute atomic E-state index is 0.0554. The molecule has 0 aromatic heterocycles. The third kappa shape index (κ3) is 4.96. The zero-order valence-electron chi connectivity index (χ0n) is 10.1. The summed E-state index contributed by atoms with van der Waals surface area (Å²) in [4.78, 5) is 0. The third-order valence-electron chi connectivity index (χ3n) is 2.59. The van der Waals surface area contributed by atoms with Crippen molar-refractivity contribution in [2.75, 3.05) is 25.3 Å². The summed E-state index contributed by atoms with van der Waals surface area (Å²) in [6.07, 6.45) is -3.81. The Morgan fingerprint density at radius 2 is 2.00 bits per heavy atom. The molecule has 1 aliphatic rings. The lowest BCUT2D eigenvalue weighted by Gasteiger charge is -2.23. The average molecular weight is 277 g/mol.